The number of hydrogen-bond donors (Lipinski definition) is 1. The van der Waals surface area contributed by atoms with Crippen LogP contribution in [0.25, 0.3) is 0 Å². The van der Waals surface area contributed by atoms with Gasteiger partial charge in [-0.3, -0.25) is 0 Å². The maximum Gasteiger partial charge on any atom is 0.0655 e. The largest absolute Gasteiger partial charge is 0.379 e. The van der Waals surface area contributed by atoms with E-state index in [1.54, 1.807) is 0 Å². The van der Waals surface area contributed by atoms with E-state index in [1.165, 1.54) is 0 Å². The molecule has 1 rings (SSSR count). The standard InChI is InChI=1S/C8H15NO.ClH/c1-3-8-6-10-5-4-7(2)9-8;/h3,7-9H,1,4-6H2,2H3;1H/t7-,8-;/m0./s1. The molecule has 1 N–H and O–H groups in total. The summed E-state index contributed by atoms with van der Waals surface area (Å²) in [5, 5.41) is 3.39. The molecule has 0 unspecified atom stereocenters. The van der Waals surface area contributed by atoms with Crippen LogP contribution < -0.4 is 5.32 Å². The maximum absolute atomic E-state index is 5.33. The van der Waals surface area contributed by atoms with Crippen LogP contribution in [0.3, 0.4) is 0 Å². The van der Waals surface area contributed by atoms with Gasteiger partial charge in [0.2, 0.25) is 0 Å². The quantitative estimate of drug-likeness (QED) is 0.611. The minimum absolute atomic E-state index is 0. The van der Waals surface area contributed by atoms with Crippen molar-refractivity contribution in [3.63, 3.8) is 0 Å². The molecule has 0 aromatic carbocycles. The van der Waals surface area contributed by atoms with E-state index in [4.69, 9.17) is 4.74 Å². The molecule has 0 aromatic heterocycles. The highest BCUT2D eigenvalue weighted by atomic mass is 35.5. The molecule has 0 amide bonds. The number of hydrogen-bond acceptors (Lipinski definition) is 2. The molecular formula is C8H16ClNO. The van der Waals surface area contributed by atoms with E-state index in [2.05, 4.69) is 18.8 Å². The third-order valence-corrected chi connectivity index (χ3v) is 1.78. The van der Waals surface area contributed by atoms with E-state index in [0.717, 1.165) is 19.6 Å². The third-order valence-electron chi connectivity index (χ3n) is 1.78. The molecule has 66 valence electrons. The number of ether oxygens (including phenoxy) is 1. The van der Waals surface area contributed by atoms with Crippen molar-refractivity contribution in [2.24, 2.45) is 0 Å². The molecule has 3 heteroatoms. The summed E-state index contributed by atoms with van der Waals surface area (Å²) in [5.74, 6) is 0. The molecule has 1 aliphatic rings. The average molecular weight is 178 g/mol. The monoisotopic (exact) mass is 177 g/mol. The SMILES string of the molecule is C=C[C@H]1COCC[C@H](C)N1.Cl. The number of halogens is 1. The van der Waals surface area contributed by atoms with Crippen LogP contribution in [-0.2, 0) is 4.74 Å². The van der Waals surface area contributed by atoms with Gasteiger partial charge >= 0.3 is 0 Å². The zero-order valence-corrected chi connectivity index (χ0v) is 7.69. The maximum atomic E-state index is 5.33. The topological polar surface area (TPSA) is 21.3 Å². The third kappa shape index (κ3) is 3.75. The number of rotatable bonds is 1. The lowest BCUT2D eigenvalue weighted by Gasteiger charge is -2.13. The zero-order valence-electron chi connectivity index (χ0n) is 6.88. The Morgan fingerprint density at radius 1 is 1.64 bits per heavy atom. The van der Waals surface area contributed by atoms with E-state index in [-0.39, 0.29) is 12.4 Å². The van der Waals surface area contributed by atoms with Crippen LogP contribution in [0.2, 0.25) is 0 Å². The zero-order chi connectivity index (χ0) is 7.40. The minimum atomic E-state index is 0. The summed E-state index contributed by atoms with van der Waals surface area (Å²) in [6.45, 7) is 7.53. The summed E-state index contributed by atoms with van der Waals surface area (Å²) in [6, 6.07) is 0.906. The normalized spacial score (nSPS) is 31.7. The summed E-state index contributed by atoms with van der Waals surface area (Å²) >= 11 is 0. The Labute approximate surface area is 74.4 Å². The van der Waals surface area contributed by atoms with Crippen LogP contribution in [-0.4, -0.2) is 25.3 Å². The van der Waals surface area contributed by atoms with Crippen molar-refractivity contribution in [2.75, 3.05) is 13.2 Å². The molecule has 0 spiro atoms. The Hall–Kier alpha value is -0.0500. The first-order valence-corrected chi connectivity index (χ1v) is 3.79. The summed E-state index contributed by atoms with van der Waals surface area (Å²) in [5.41, 5.74) is 0. The molecule has 11 heavy (non-hydrogen) atoms. The lowest BCUT2D eigenvalue weighted by molar-refractivity contribution is 0.139. The molecule has 2 atom stereocenters. The van der Waals surface area contributed by atoms with Crippen molar-refractivity contribution in [2.45, 2.75) is 25.4 Å². The molecule has 0 aliphatic carbocycles. The van der Waals surface area contributed by atoms with E-state index in [9.17, 15) is 0 Å². The predicted molar refractivity (Wildman–Crippen MR) is 49.3 cm³/mol. The van der Waals surface area contributed by atoms with Gasteiger partial charge in [-0.1, -0.05) is 6.08 Å². The van der Waals surface area contributed by atoms with Crippen molar-refractivity contribution >= 4 is 12.4 Å². The Balaban J connectivity index is 0.000001000. The summed E-state index contributed by atoms with van der Waals surface area (Å²) < 4.78 is 5.33. The second-order valence-electron chi connectivity index (χ2n) is 2.77. The van der Waals surface area contributed by atoms with Crippen LogP contribution in [0.1, 0.15) is 13.3 Å². The van der Waals surface area contributed by atoms with Gasteiger partial charge in [0.25, 0.3) is 0 Å². The van der Waals surface area contributed by atoms with E-state index in [1.807, 2.05) is 6.08 Å². The first-order valence-electron chi connectivity index (χ1n) is 3.79. The van der Waals surface area contributed by atoms with Crippen LogP contribution in [0, 0.1) is 0 Å². The highest BCUT2D eigenvalue weighted by Crippen LogP contribution is 2.01. The van der Waals surface area contributed by atoms with Crippen LogP contribution in [0.4, 0.5) is 0 Å². The first kappa shape index (κ1) is 11.0. The van der Waals surface area contributed by atoms with Crippen LogP contribution >= 0.6 is 12.4 Å². The fourth-order valence-corrected chi connectivity index (χ4v) is 1.10. The molecule has 1 aliphatic heterocycles. The van der Waals surface area contributed by atoms with E-state index in [0.29, 0.717) is 12.1 Å². The van der Waals surface area contributed by atoms with Crippen LogP contribution in [0.15, 0.2) is 12.7 Å². The van der Waals surface area contributed by atoms with E-state index < -0.39 is 0 Å². The van der Waals surface area contributed by atoms with Gasteiger partial charge in [0.1, 0.15) is 0 Å². The lowest BCUT2D eigenvalue weighted by atomic mass is 10.2. The average Bonchev–Trinajstić information content (AvgIpc) is 2.13. The molecule has 0 radical (unpaired) electrons. The molecule has 2 nitrogen and oxygen atoms in total. The highest BCUT2D eigenvalue weighted by molar-refractivity contribution is 5.85. The Kier molecular flexibility index (Phi) is 5.56. The van der Waals surface area contributed by atoms with E-state index >= 15 is 0 Å². The predicted octanol–water partition coefficient (Wildman–Crippen LogP) is 1.36. The van der Waals surface area contributed by atoms with Gasteiger partial charge < -0.3 is 10.1 Å². The second kappa shape index (κ2) is 5.58. The first-order chi connectivity index (χ1) is 4.83. The molecular weight excluding hydrogens is 162 g/mol. The van der Waals surface area contributed by atoms with Gasteiger partial charge in [0.05, 0.1) is 6.61 Å². The van der Waals surface area contributed by atoms with Crippen molar-refractivity contribution in [1.29, 1.82) is 0 Å². The van der Waals surface area contributed by atoms with Gasteiger partial charge in [-0.2, -0.15) is 0 Å². The highest BCUT2D eigenvalue weighted by Gasteiger charge is 2.12. The van der Waals surface area contributed by atoms with Gasteiger partial charge in [-0.15, -0.1) is 19.0 Å². The molecule has 1 fully saturated rings. The Morgan fingerprint density at radius 2 is 2.36 bits per heavy atom. The fraction of sp³-hybridized carbons (Fsp3) is 0.750. The summed E-state index contributed by atoms with van der Waals surface area (Å²) in [6.07, 6.45) is 3.01. The molecule has 1 saturated heterocycles. The Morgan fingerprint density at radius 3 is 3.00 bits per heavy atom. The van der Waals surface area contributed by atoms with Gasteiger partial charge in [-0.05, 0) is 13.3 Å². The molecule has 1 heterocycles. The summed E-state index contributed by atoms with van der Waals surface area (Å²) in [7, 11) is 0. The molecule has 0 saturated carbocycles. The van der Waals surface area contributed by atoms with Crippen LogP contribution in [0.5, 0.6) is 0 Å². The lowest BCUT2D eigenvalue weighted by Crippen LogP contribution is -2.35. The van der Waals surface area contributed by atoms with Crippen molar-refractivity contribution in [1.82, 2.24) is 5.32 Å². The smallest absolute Gasteiger partial charge is 0.0655 e. The van der Waals surface area contributed by atoms with Crippen molar-refractivity contribution in [3.05, 3.63) is 12.7 Å². The van der Waals surface area contributed by atoms with Gasteiger partial charge in [0.15, 0.2) is 0 Å². The van der Waals surface area contributed by atoms with Crippen molar-refractivity contribution < 1.29 is 4.74 Å². The second-order valence-corrected chi connectivity index (χ2v) is 2.77. The van der Waals surface area contributed by atoms with Gasteiger partial charge in [-0.25, -0.2) is 0 Å². The van der Waals surface area contributed by atoms with Crippen molar-refractivity contribution in [3.8, 4) is 0 Å². The minimum Gasteiger partial charge on any atom is -0.379 e. The molecule has 0 bridgehead atoms. The Bertz CT molecular complexity index is 119. The molecule has 0 aromatic rings. The van der Waals surface area contributed by atoms with Gasteiger partial charge in [0, 0.05) is 18.7 Å². The fourth-order valence-electron chi connectivity index (χ4n) is 1.10. The number of nitrogens with one attached hydrogen (secondary N) is 1. The summed E-state index contributed by atoms with van der Waals surface area (Å²) in [4.78, 5) is 0.